The zero-order valence-corrected chi connectivity index (χ0v) is 20.2. The molecule has 0 spiro atoms. The second-order valence-corrected chi connectivity index (χ2v) is 11.6. The molecule has 166 valence electrons. The number of rotatable bonds is 2. The van der Waals surface area contributed by atoms with Crippen molar-refractivity contribution in [1.29, 1.82) is 0 Å². The van der Waals surface area contributed by atoms with Gasteiger partial charge in [-0.25, -0.2) is 0 Å². The second kappa shape index (κ2) is 5.82. The highest BCUT2D eigenvalue weighted by atomic mass is 16.3. The van der Waals surface area contributed by atoms with Gasteiger partial charge in [-0.05, 0) is 60.4 Å². The molecule has 33 heavy (non-hydrogen) atoms. The Morgan fingerprint density at radius 1 is 1.09 bits per heavy atom. The van der Waals surface area contributed by atoms with Crippen LogP contribution in [0.3, 0.4) is 0 Å². The molecule has 2 aromatic heterocycles. The summed E-state index contributed by atoms with van der Waals surface area (Å²) in [4.78, 5) is 4.86. The summed E-state index contributed by atoms with van der Waals surface area (Å²) in [5, 5.41) is 14.0. The van der Waals surface area contributed by atoms with Crippen LogP contribution in [0, 0.1) is 12.8 Å². The average molecular weight is 436 g/mol. The van der Waals surface area contributed by atoms with E-state index >= 15 is 0 Å². The fourth-order valence-corrected chi connectivity index (χ4v) is 7.93. The zero-order chi connectivity index (χ0) is 22.9. The summed E-state index contributed by atoms with van der Waals surface area (Å²) in [5.41, 5.74) is 9.28. The number of nitrogens with zero attached hydrogens (tertiary/aromatic N) is 2. The summed E-state index contributed by atoms with van der Waals surface area (Å²) < 4.78 is 2.60. The Morgan fingerprint density at radius 2 is 1.91 bits per heavy atom. The summed E-state index contributed by atoms with van der Waals surface area (Å²) >= 11 is 0. The first-order valence-corrected chi connectivity index (χ1v) is 12.3. The van der Waals surface area contributed by atoms with E-state index in [-0.39, 0.29) is 23.0 Å². The smallest absolute Gasteiger partial charge is 0.221 e. The lowest BCUT2D eigenvalue weighted by atomic mass is 9.43. The van der Waals surface area contributed by atoms with Crippen molar-refractivity contribution in [3.05, 3.63) is 71.0 Å². The highest BCUT2D eigenvalue weighted by molar-refractivity contribution is 6.05. The number of pyridine rings is 2. The van der Waals surface area contributed by atoms with E-state index in [1.54, 1.807) is 0 Å². The van der Waals surface area contributed by atoms with Gasteiger partial charge in [0.25, 0.3) is 0 Å². The van der Waals surface area contributed by atoms with Crippen LogP contribution in [0.15, 0.2) is 48.8 Å². The Hall–Kier alpha value is -2.78. The van der Waals surface area contributed by atoms with Crippen molar-refractivity contribution in [1.82, 2.24) is 4.98 Å². The van der Waals surface area contributed by atoms with E-state index in [0.717, 1.165) is 18.4 Å². The number of aliphatic hydroxyl groups excluding tert-OH is 1. The SMILES string of the molecule is Cc1cc2c3c4[n+](ccc3c1)C1(C)CC(CCO)C1(C)c1c-4c(cc3ncccc13)C2(C)C. The summed E-state index contributed by atoms with van der Waals surface area (Å²) in [7, 11) is 0. The van der Waals surface area contributed by atoms with Crippen LogP contribution in [0.5, 0.6) is 0 Å². The van der Waals surface area contributed by atoms with Crippen LogP contribution in [-0.2, 0) is 16.4 Å². The number of hydrogen-bond donors (Lipinski definition) is 1. The zero-order valence-electron chi connectivity index (χ0n) is 20.2. The fraction of sp³-hybridized carbons (Fsp3) is 0.400. The van der Waals surface area contributed by atoms with E-state index in [0.29, 0.717) is 5.92 Å². The van der Waals surface area contributed by atoms with Crippen molar-refractivity contribution in [2.75, 3.05) is 6.61 Å². The van der Waals surface area contributed by atoms with Gasteiger partial charge in [-0.3, -0.25) is 4.98 Å². The molecule has 0 bridgehead atoms. The number of fused-ring (bicyclic) bond motifs is 5. The molecular formula is C30H31N2O+. The standard InChI is InChI=1S/C30H31N2O/c1-17-13-18-8-11-32-27-24(18)21(14-17)28(2,3)22-15-23-20(7-6-10-31-23)26(25(22)27)30(5)19(9-12-33)16-29(30,32)4/h6-8,10-11,13-15,19,33H,9,12,16H2,1-5H3/q+1. The average Bonchev–Trinajstić information content (AvgIpc) is 2.79. The van der Waals surface area contributed by atoms with Gasteiger partial charge < -0.3 is 5.11 Å². The predicted molar refractivity (Wildman–Crippen MR) is 133 cm³/mol. The molecular weight excluding hydrogens is 404 g/mol. The molecule has 1 saturated carbocycles. The molecule has 1 fully saturated rings. The van der Waals surface area contributed by atoms with Crippen molar-refractivity contribution >= 4 is 21.7 Å². The lowest BCUT2D eigenvalue weighted by Gasteiger charge is -2.61. The number of benzene rings is 2. The van der Waals surface area contributed by atoms with E-state index in [9.17, 15) is 5.11 Å². The van der Waals surface area contributed by atoms with Crippen LogP contribution in [0.25, 0.3) is 32.9 Å². The first-order chi connectivity index (χ1) is 15.7. The van der Waals surface area contributed by atoms with Gasteiger partial charge in [0.1, 0.15) is 0 Å². The highest BCUT2D eigenvalue weighted by Crippen LogP contribution is 2.66. The molecule has 2 aromatic carbocycles. The summed E-state index contributed by atoms with van der Waals surface area (Å²) in [6.45, 7) is 12.1. The van der Waals surface area contributed by atoms with Gasteiger partial charge in [-0.15, -0.1) is 0 Å². The largest absolute Gasteiger partial charge is 0.396 e. The topological polar surface area (TPSA) is 37.0 Å². The minimum absolute atomic E-state index is 0.0333. The van der Waals surface area contributed by atoms with Crippen LogP contribution >= 0.6 is 0 Å². The number of aryl methyl sites for hydroxylation is 1. The van der Waals surface area contributed by atoms with Gasteiger partial charge in [0, 0.05) is 43.0 Å². The third kappa shape index (κ3) is 1.99. The maximum absolute atomic E-state index is 9.94. The van der Waals surface area contributed by atoms with Crippen LogP contribution in [0.4, 0.5) is 0 Å². The first-order valence-electron chi connectivity index (χ1n) is 12.3. The van der Waals surface area contributed by atoms with Crippen LogP contribution in [0.1, 0.15) is 62.8 Å². The van der Waals surface area contributed by atoms with E-state index in [1.807, 2.05) is 6.20 Å². The van der Waals surface area contributed by atoms with Crippen molar-refractivity contribution in [2.45, 2.75) is 63.8 Å². The lowest BCUT2D eigenvalue weighted by molar-refractivity contribution is -0.781. The Bertz CT molecular complexity index is 1530. The second-order valence-electron chi connectivity index (χ2n) is 11.6. The summed E-state index contributed by atoms with van der Waals surface area (Å²) in [5.74, 6) is 0.446. The van der Waals surface area contributed by atoms with Gasteiger partial charge in [0.2, 0.25) is 5.69 Å². The monoisotopic (exact) mass is 435 g/mol. The molecule has 3 unspecified atom stereocenters. The van der Waals surface area contributed by atoms with E-state index in [4.69, 9.17) is 4.98 Å². The van der Waals surface area contributed by atoms with Crippen molar-refractivity contribution in [3.8, 4) is 11.3 Å². The molecule has 3 aliphatic rings. The summed E-state index contributed by atoms with van der Waals surface area (Å²) in [6, 6.07) is 13.8. The van der Waals surface area contributed by atoms with E-state index in [1.165, 1.54) is 49.7 Å². The molecule has 3 heterocycles. The maximum atomic E-state index is 9.94. The third-order valence-electron chi connectivity index (χ3n) is 9.79. The van der Waals surface area contributed by atoms with Crippen molar-refractivity contribution < 1.29 is 9.67 Å². The molecule has 3 atom stereocenters. The summed E-state index contributed by atoms with van der Waals surface area (Å²) in [6.07, 6.45) is 6.19. The van der Waals surface area contributed by atoms with Gasteiger partial charge in [-0.1, -0.05) is 37.6 Å². The van der Waals surface area contributed by atoms with Crippen molar-refractivity contribution in [3.63, 3.8) is 0 Å². The maximum Gasteiger partial charge on any atom is 0.221 e. The van der Waals surface area contributed by atoms with Gasteiger partial charge >= 0.3 is 0 Å². The number of aliphatic hydroxyl groups is 1. The van der Waals surface area contributed by atoms with Gasteiger partial charge in [0.15, 0.2) is 11.7 Å². The number of aromatic nitrogens is 2. The first kappa shape index (κ1) is 19.7. The van der Waals surface area contributed by atoms with Gasteiger partial charge in [-0.2, -0.15) is 4.57 Å². The fourth-order valence-electron chi connectivity index (χ4n) is 7.93. The Balaban J connectivity index is 1.76. The Morgan fingerprint density at radius 3 is 2.70 bits per heavy atom. The molecule has 0 radical (unpaired) electrons. The molecule has 4 aromatic rings. The third-order valence-corrected chi connectivity index (χ3v) is 9.79. The van der Waals surface area contributed by atoms with Crippen molar-refractivity contribution in [2.24, 2.45) is 5.92 Å². The minimum atomic E-state index is -0.118. The van der Waals surface area contributed by atoms with Crippen LogP contribution < -0.4 is 4.57 Å². The molecule has 0 saturated heterocycles. The van der Waals surface area contributed by atoms with E-state index < -0.39 is 0 Å². The van der Waals surface area contributed by atoms with Crippen LogP contribution in [0.2, 0.25) is 0 Å². The van der Waals surface area contributed by atoms with Gasteiger partial charge in [0.05, 0.1) is 21.9 Å². The molecule has 3 heteroatoms. The lowest BCUT2D eigenvalue weighted by Crippen LogP contribution is -2.77. The highest BCUT2D eigenvalue weighted by Gasteiger charge is 2.71. The molecule has 1 aliphatic heterocycles. The Kier molecular flexibility index (Phi) is 3.47. The Labute approximate surface area is 195 Å². The molecule has 2 aliphatic carbocycles. The number of hydrogen-bond acceptors (Lipinski definition) is 2. The normalized spacial score (nSPS) is 28.0. The predicted octanol–water partition coefficient (Wildman–Crippen LogP) is 5.68. The molecule has 1 N–H and O–H groups in total. The molecule has 7 rings (SSSR count). The molecule has 0 amide bonds. The quantitative estimate of drug-likeness (QED) is 0.411. The molecule has 3 nitrogen and oxygen atoms in total. The van der Waals surface area contributed by atoms with E-state index in [2.05, 4.69) is 81.8 Å². The minimum Gasteiger partial charge on any atom is -0.396 e. The van der Waals surface area contributed by atoms with Crippen LogP contribution in [-0.4, -0.2) is 16.7 Å².